The van der Waals surface area contributed by atoms with Crippen LogP contribution in [0, 0.1) is 0 Å². The molecule has 2 atom stereocenters. The Morgan fingerprint density at radius 1 is 1.45 bits per heavy atom. The fourth-order valence-electron chi connectivity index (χ4n) is 2.54. The number of halogens is 2. The largest absolute Gasteiger partial charge is 0.616 e. The van der Waals surface area contributed by atoms with Gasteiger partial charge in [0.05, 0.1) is 17.0 Å². The first-order valence-corrected chi connectivity index (χ1v) is 9.49. The maximum absolute atomic E-state index is 11.4. The van der Waals surface area contributed by atoms with Gasteiger partial charge in [0.15, 0.2) is 0 Å². The summed E-state index contributed by atoms with van der Waals surface area (Å²) in [5.74, 6) is 0.176. The van der Waals surface area contributed by atoms with Gasteiger partial charge in [0.25, 0.3) is 0 Å². The summed E-state index contributed by atoms with van der Waals surface area (Å²) >= 11 is 8.52. The number of aromatic nitrogens is 2. The summed E-state index contributed by atoms with van der Waals surface area (Å²) in [6.07, 6.45) is 2.56. The highest BCUT2D eigenvalue weighted by atomic mass is 79.9. The van der Waals surface area contributed by atoms with Gasteiger partial charge in [-0.1, -0.05) is 22.8 Å². The highest BCUT2D eigenvalue weighted by molar-refractivity contribution is 9.10. The molecule has 0 aliphatic carbocycles. The smallest absolute Gasteiger partial charge is 0.139 e. The van der Waals surface area contributed by atoms with E-state index in [1.54, 1.807) is 6.26 Å². The summed E-state index contributed by atoms with van der Waals surface area (Å²) < 4.78 is 12.2. The van der Waals surface area contributed by atoms with Crippen LogP contribution in [0.1, 0.15) is 11.8 Å². The molecule has 116 valence electrons. The van der Waals surface area contributed by atoms with Crippen molar-refractivity contribution in [1.29, 1.82) is 0 Å². The van der Waals surface area contributed by atoms with Crippen molar-refractivity contribution in [3.63, 3.8) is 0 Å². The summed E-state index contributed by atoms with van der Waals surface area (Å²) in [4.78, 5) is 6.39. The van der Waals surface area contributed by atoms with Crippen LogP contribution in [0.25, 0.3) is 22.2 Å². The monoisotopic (exact) mass is 400 g/mol. The van der Waals surface area contributed by atoms with Gasteiger partial charge in [-0.05, 0) is 40.2 Å². The number of fused-ring (bicyclic) bond motifs is 1. The second-order valence-electron chi connectivity index (χ2n) is 5.07. The molecule has 7 heteroatoms. The van der Waals surface area contributed by atoms with Crippen LogP contribution in [0.4, 0.5) is 0 Å². The zero-order valence-corrected chi connectivity index (χ0v) is 14.8. The molecule has 2 heterocycles. The Morgan fingerprint density at radius 2 is 2.23 bits per heavy atom. The van der Waals surface area contributed by atoms with Crippen molar-refractivity contribution < 1.29 is 9.66 Å². The van der Waals surface area contributed by atoms with E-state index in [-0.39, 0.29) is 5.75 Å². The Balaban J connectivity index is 2.24. The molecule has 3 rings (SSSR count). The fourth-order valence-corrected chi connectivity index (χ4v) is 3.66. The van der Waals surface area contributed by atoms with Crippen molar-refractivity contribution in [1.82, 2.24) is 9.97 Å². The molecular weight excluding hydrogens is 388 g/mol. The zero-order chi connectivity index (χ0) is 15.9. The van der Waals surface area contributed by atoms with E-state index < -0.39 is 17.3 Å². The first kappa shape index (κ1) is 16.0. The molecule has 0 saturated carbocycles. The highest BCUT2D eigenvalue weighted by Crippen LogP contribution is 2.38. The van der Waals surface area contributed by atoms with Gasteiger partial charge in [0, 0.05) is 32.8 Å². The van der Waals surface area contributed by atoms with Crippen LogP contribution in [0.15, 0.2) is 34.9 Å². The Morgan fingerprint density at radius 3 is 2.86 bits per heavy atom. The number of aliphatic hydroxyl groups is 1. The molecule has 1 aromatic carbocycles. The molecule has 0 aliphatic heterocycles. The van der Waals surface area contributed by atoms with Crippen molar-refractivity contribution in [3.8, 4) is 11.3 Å². The number of hydrogen-bond donors (Lipinski definition) is 3. The topological polar surface area (TPSA) is 74.9 Å². The molecule has 0 saturated heterocycles. The molecule has 0 fully saturated rings. The van der Waals surface area contributed by atoms with Gasteiger partial charge in [-0.3, -0.25) is 0 Å². The molecule has 0 spiro atoms. The molecule has 4 nitrogen and oxygen atoms in total. The maximum Gasteiger partial charge on any atom is 0.139 e. The van der Waals surface area contributed by atoms with Crippen LogP contribution in [-0.4, -0.2) is 31.6 Å². The van der Waals surface area contributed by atoms with E-state index in [9.17, 15) is 9.66 Å². The first-order chi connectivity index (χ1) is 10.5. The minimum Gasteiger partial charge on any atom is -0.616 e. The SMILES string of the molecule is C[S+]([O-])CC(O)c1[nH]c2cc(Br)c(Cl)cc2c1-c1ccc[nH]1. The molecule has 2 aromatic heterocycles. The second-order valence-corrected chi connectivity index (χ2v) is 7.81. The number of H-pyrrole nitrogens is 2. The minimum atomic E-state index is -1.10. The molecule has 3 N–H and O–H groups in total. The molecule has 0 radical (unpaired) electrons. The molecular formula is C15H14BrClN2O2S. The van der Waals surface area contributed by atoms with Crippen LogP contribution < -0.4 is 0 Å². The third-order valence-corrected chi connectivity index (χ3v) is 5.44. The summed E-state index contributed by atoms with van der Waals surface area (Å²) in [5, 5.41) is 11.9. The van der Waals surface area contributed by atoms with Crippen LogP contribution in [0.5, 0.6) is 0 Å². The lowest BCUT2D eigenvalue weighted by atomic mass is 10.1. The number of aromatic amines is 2. The Hall–Kier alpha value is -0.920. The van der Waals surface area contributed by atoms with E-state index in [2.05, 4.69) is 25.9 Å². The van der Waals surface area contributed by atoms with E-state index in [0.29, 0.717) is 10.7 Å². The Bertz CT molecular complexity index is 802. The number of rotatable bonds is 4. The van der Waals surface area contributed by atoms with Gasteiger partial charge in [0.2, 0.25) is 0 Å². The van der Waals surface area contributed by atoms with Crippen LogP contribution in [0.2, 0.25) is 5.02 Å². The van der Waals surface area contributed by atoms with E-state index >= 15 is 0 Å². The molecule has 0 aliphatic rings. The third-order valence-electron chi connectivity index (χ3n) is 3.46. The predicted molar refractivity (Wildman–Crippen MR) is 94.7 cm³/mol. The number of hydrogen-bond acceptors (Lipinski definition) is 2. The van der Waals surface area contributed by atoms with Crippen LogP contribution in [-0.2, 0) is 11.2 Å². The zero-order valence-electron chi connectivity index (χ0n) is 11.7. The first-order valence-electron chi connectivity index (χ1n) is 6.60. The van der Waals surface area contributed by atoms with Crippen molar-refractivity contribution in [2.24, 2.45) is 0 Å². The molecule has 3 aromatic rings. The predicted octanol–water partition coefficient (Wildman–Crippen LogP) is 3.99. The van der Waals surface area contributed by atoms with E-state index in [4.69, 9.17) is 11.6 Å². The van der Waals surface area contributed by atoms with Crippen LogP contribution in [0.3, 0.4) is 0 Å². The maximum atomic E-state index is 11.4. The van der Waals surface area contributed by atoms with E-state index in [0.717, 1.165) is 26.6 Å². The van der Waals surface area contributed by atoms with Gasteiger partial charge < -0.3 is 19.6 Å². The van der Waals surface area contributed by atoms with E-state index in [1.807, 2.05) is 30.5 Å². The van der Waals surface area contributed by atoms with Crippen LogP contribution >= 0.6 is 27.5 Å². The minimum absolute atomic E-state index is 0.176. The number of benzene rings is 1. The Labute approximate surface area is 144 Å². The molecule has 2 unspecified atom stereocenters. The molecule has 22 heavy (non-hydrogen) atoms. The average molecular weight is 402 g/mol. The fraction of sp³-hybridized carbons (Fsp3) is 0.200. The average Bonchev–Trinajstić information content (AvgIpc) is 3.05. The lowest BCUT2D eigenvalue weighted by Crippen LogP contribution is -2.13. The van der Waals surface area contributed by atoms with Gasteiger partial charge >= 0.3 is 0 Å². The quantitative estimate of drug-likeness (QED) is 0.578. The van der Waals surface area contributed by atoms with Crippen molar-refractivity contribution in [3.05, 3.63) is 45.7 Å². The summed E-state index contributed by atoms with van der Waals surface area (Å²) in [6.45, 7) is 0. The van der Waals surface area contributed by atoms with E-state index in [1.165, 1.54) is 0 Å². The summed E-state index contributed by atoms with van der Waals surface area (Å²) in [6, 6.07) is 7.55. The lowest BCUT2D eigenvalue weighted by molar-refractivity contribution is 0.198. The second kappa shape index (κ2) is 6.29. The normalized spacial score (nSPS) is 14.4. The summed E-state index contributed by atoms with van der Waals surface area (Å²) in [7, 11) is 0. The van der Waals surface area contributed by atoms with Gasteiger partial charge in [-0.15, -0.1) is 0 Å². The van der Waals surface area contributed by atoms with Crippen molar-refractivity contribution in [2.75, 3.05) is 12.0 Å². The van der Waals surface area contributed by atoms with Gasteiger partial charge in [-0.2, -0.15) is 0 Å². The molecule has 0 amide bonds. The van der Waals surface area contributed by atoms with Crippen molar-refractivity contribution in [2.45, 2.75) is 6.10 Å². The summed E-state index contributed by atoms with van der Waals surface area (Å²) in [5.41, 5.74) is 3.23. The highest BCUT2D eigenvalue weighted by Gasteiger charge is 2.23. The lowest BCUT2D eigenvalue weighted by Gasteiger charge is -2.12. The third kappa shape index (κ3) is 2.94. The number of aliphatic hydroxyl groups excluding tert-OH is 1. The Kier molecular flexibility index (Phi) is 4.56. The molecule has 0 bridgehead atoms. The van der Waals surface area contributed by atoms with Gasteiger partial charge in [-0.25, -0.2) is 0 Å². The standard InChI is InChI=1S/C15H14BrClN2O2S/c1-22(21)7-13(20)15-14(11-3-2-4-18-11)8-5-10(17)9(16)6-12(8)19-15/h2-6,13,18-20H,7H2,1H3. The van der Waals surface area contributed by atoms with Gasteiger partial charge in [0.1, 0.15) is 11.9 Å². The van der Waals surface area contributed by atoms with Crippen molar-refractivity contribution >= 4 is 49.6 Å². The number of nitrogens with one attached hydrogen (secondary N) is 2.